The van der Waals surface area contributed by atoms with Crippen LogP contribution in [-0.2, 0) is 4.79 Å². The van der Waals surface area contributed by atoms with E-state index >= 15 is 0 Å². The van der Waals surface area contributed by atoms with E-state index in [1.54, 1.807) is 0 Å². The van der Waals surface area contributed by atoms with Gasteiger partial charge in [0.05, 0.1) is 0 Å². The van der Waals surface area contributed by atoms with Crippen LogP contribution in [0.25, 0.3) is 0 Å². The first-order valence-corrected chi connectivity index (χ1v) is 5.69. The summed E-state index contributed by atoms with van der Waals surface area (Å²) in [6.45, 7) is 6.37. The van der Waals surface area contributed by atoms with Gasteiger partial charge in [-0.2, -0.15) is 0 Å². The zero-order valence-corrected chi connectivity index (χ0v) is 10.1. The topological polar surface area (TPSA) is 69.6 Å². The SMILES string of the molecule is CCC(C)(C)NC(=O)N1CCC[C@H]1C(=O)O. The van der Waals surface area contributed by atoms with E-state index in [4.69, 9.17) is 5.11 Å². The maximum Gasteiger partial charge on any atom is 0.326 e. The Morgan fingerprint density at radius 3 is 2.62 bits per heavy atom. The summed E-state index contributed by atoms with van der Waals surface area (Å²) < 4.78 is 0. The second-order valence-electron chi connectivity index (χ2n) is 4.86. The van der Waals surface area contributed by atoms with Crippen LogP contribution in [0.15, 0.2) is 0 Å². The van der Waals surface area contributed by atoms with Crippen LogP contribution >= 0.6 is 0 Å². The fraction of sp³-hybridized carbons (Fsp3) is 0.818. The second kappa shape index (κ2) is 4.72. The van der Waals surface area contributed by atoms with Crippen LogP contribution in [0.2, 0.25) is 0 Å². The van der Waals surface area contributed by atoms with E-state index in [0.29, 0.717) is 13.0 Å². The number of nitrogens with one attached hydrogen (secondary N) is 1. The van der Waals surface area contributed by atoms with E-state index in [9.17, 15) is 9.59 Å². The first kappa shape index (κ1) is 12.8. The van der Waals surface area contributed by atoms with Gasteiger partial charge in [-0.15, -0.1) is 0 Å². The van der Waals surface area contributed by atoms with E-state index in [2.05, 4.69) is 5.32 Å². The summed E-state index contributed by atoms with van der Waals surface area (Å²) in [6.07, 6.45) is 2.12. The average molecular weight is 228 g/mol. The van der Waals surface area contributed by atoms with Crippen molar-refractivity contribution >= 4 is 12.0 Å². The molecule has 16 heavy (non-hydrogen) atoms. The molecule has 1 aliphatic heterocycles. The number of aliphatic carboxylic acids is 1. The van der Waals surface area contributed by atoms with Crippen LogP contribution in [-0.4, -0.2) is 40.1 Å². The smallest absolute Gasteiger partial charge is 0.326 e. The highest BCUT2D eigenvalue weighted by atomic mass is 16.4. The molecule has 1 fully saturated rings. The van der Waals surface area contributed by atoms with Crippen molar-refractivity contribution in [2.45, 2.75) is 51.6 Å². The quantitative estimate of drug-likeness (QED) is 0.767. The summed E-state index contributed by atoms with van der Waals surface area (Å²) >= 11 is 0. The highest BCUT2D eigenvalue weighted by Crippen LogP contribution is 2.18. The average Bonchev–Trinajstić information content (AvgIpc) is 2.65. The van der Waals surface area contributed by atoms with Gasteiger partial charge in [-0.05, 0) is 33.1 Å². The van der Waals surface area contributed by atoms with Gasteiger partial charge in [0.15, 0.2) is 0 Å². The molecule has 5 heteroatoms. The lowest BCUT2D eigenvalue weighted by atomic mass is 10.0. The number of amides is 2. The van der Waals surface area contributed by atoms with Gasteiger partial charge in [-0.3, -0.25) is 0 Å². The molecule has 0 spiro atoms. The number of carbonyl (C=O) groups excluding carboxylic acids is 1. The van der Waals surface area contributed by atoms with Crippen LogP contribution in [0.1, 0.15) is 40.0 Å². The fourth-order valence-electron chi connectivity index (χ4n) is 1.72. The summed E-state index contributed by atoms with van der Waals surface area (Å²) in [4.78, 5) is 24.2. The highest BCUT2D eigenvalue weighted by molar-refractivity contribution is 5.83. The van der Waals surface area contributed by atoms with Crippen molar-refractivity contribution in [1.82, 2.24) is 10.2 Å². The number of hydrogen-bond donors (Lipinski definition) is 2. The predicted molar refractivity (Wildman–Crippen MR) is 60.3 cm³/mol. The van der Waals surface area contributed by atoms with Crippen molar-refractivity contribution in [3.63, 3.8) is 0 Å². The number of carboxylic acids is 1. The third-order valence-corrected chi connectivity index (χ3v) is 3.13. The molecule has 0 saturated carbocycles. The van der Waals surface area contributed by atoms with Gasteiger partial charge in [0, 0.05) is 12.1 Å². The summed E-state index contributed by atoms with van der Waals surface area (Å²) in [6, 6.07) is -0.926. The number of likely N-dealkylation sites (tertiary alicyclic amines) is 1. The van der Waals surface area contributed by atoms with Crippen molar-refractivity contribution in [3.8, 4) is 0 Å². The molecule has 0 aliphatic carbocycles. The maximum absolute atomic E-state index is 11.9. The Hall–Kier alpha value is -1.26. The normalized spacial score (nSPS) is 20.9. The highest BCUT2D eigenvalue weighted by Gasteiger charge is 2.35. The zero-order chi connectivity index (χ0) is 12.3. The minimum atomic E-state index is -0.915. The van der Waals surface area contributed by atoms with E-state index < -0.39 is 12.0 Å². The molecule has 2 amide bonds. The molecule has 0 aromatic heterocycles. The largest absolute Gasteiger partial charge is 0.480 e. The fourth-order valence-corrected chi connectivity index (χ4v) is 1.72. The van der Waals surface area contributed by atoms with Crippen molar-refractivity contribution in [2.75, 3.05) is 6.54 Å². The lowest BCUT2D eigenvalue weighted by molar-refractivity contribution is -0.141. The van der Waals surface area contributed by atoms with Crippen molar-refractivity contribution < 1.29 is 14.7 Å². The molecule has 1 rings (SSSR count). The Morgan fingerprint density at radius 2 is 2.12 bits per heavy atom. The Bertz CT molecular complexity index is 289. The number of carboxylic acid groups (broad SMARTS) is 1. The molecule has 1 atom stereocenters. The summed E-state index contributed by atoms with van der Waals surface area (Å²) in [5.74, 6) is -0.915. The van der Waals surface area contributed by atoms with Crippen LogP contribution in [0.5, 0.6) is 0 Å². The van der Waals surface area contributed by atoms with E-state index in [1.807, 2.05) is 20.8 Å². The number of hydrogen-bond acceptors (Lipinski definition) is 2. The maximum atomic E-state index is 11.9. The van der Waals surface area contributed by atoms with Crippen molar-refractivity contribution in [2.24, 2.45) is 0 Å². The molecule has 1 saturated heterocycles. The minimum Gasteiger partial charge on any atom is -0.480 e. The third kappa shape index (κ3) is 2.87. The first-order valence-electron chi connectivity index (χ1n) is 5.69. The lowest BCUT2D eigenvalue weighted by Crippen LogP contribution is -2.52. The summed E-state index contributed by atoms with van der Waals surface area (Å²) in [5.41, 5.74) is -0.289. The number of carbonyl (C=O) groups is 2. The minimum absolute atomic E-state index is 0.267. The first-order chi connectivity index (χ1) is 7.37. The molecule has 0 unspecified atom stereocenters. The summed E-state index contributed by atoms with van der Waals surface area (Å²) in [7, 11) is 0. The van der Waals surface area contributed by atoms with Crippen LogP contribution in [0, 0.1) is 0 Å². The molecule has 92 valence electrons. The van der Waals surface area contributed by atoms with Crippen LogP contribution < -0.4 is 5.32 Å². The van der Waals surface area contributed by atoms with Gasteiger partial charge < -0.3 is 15.3 Å². The van der Waals surface area contributed by atoms with E-state index in [0.717, 1.165) is 12.8 Å². The molecule has 0 radical (unpaired) electrons. The molecule has 2 N–H and O–H groups in total. The number of urea groups is 1. The zero-order valence-electron chi connectivity index (χ0n) is 10.1. The molecular weight excluding hydrogens is 208 g/mol. The van der Waals surface area contributed by atoms with Crippen LogP contribution in [0.3, 0.4) is 0 Å². The Balaban J connectivity index is 2.63. The number of rotatable bonds is 3. The second-order valence-corrected chi connectivity index (χ2v) is 4.86. The van der Waals surface area contributed by atoms with Gasteiger partial charge in [0.1, 0.15) is 6.04 Å². The van der Waals surface area contributed by atoms with Crippen molar-refractivity contribution in [3.05, 3.63) is 0 Å². The molecule has 1 aliphatic rings. The molecule has 0 bridgehead atoms. The lowest BCUT2D eigenvalue weighted by Gasteiger charge is -2.29. The van der Waals surface area contributed by atoms with E-state index in [-0.39, 0.29) is 11.6 Å². The molecular formula is C11H20N2O3. The third-order valence-electron chi connectivity index (χ3n) is 3.13. The van der Waals surface area contributed by atoms with Gasteiger partial charge >= 0.3 is 12.0 Å². The molecule has 5 nitrogen and oxygen atoms in total. The van der Waals surface area contributed by atoms with Gasteiger partial charge in [0.2, 0.25) is 0 Å². The predicted octanol–water partition coefficient (Wildman–Crippen LogP) is 1.43. The molecule has 0 aromatic rings. The van der Waals surface area contributed by atoms with Crippen molar-refractivity contribution in [1.29, 1.82) is 0 Å². The molecule has 0 aromatic carbocycles. The Kier molecular flexibility index (Phi) is 3.78. The van der Waals surface area contributed by atoms with Crippen LogP contribution in [0.4, 0.5) is 4.79 Å². The van der Waals surface area contributed by atoms with E-state index in [1.165, 1.54) is 4.90 Å². The summed E-state index contributed by atoms with van der Waals surface area (Å²) in [5, 5.41) is 11.8. The molecule has 1 heterocycles. The van der Waals surface area contributed by atoms with Gasteiger partial charge in [0.25, 0.3) is 0 Å². The standard InChI is InChI=1S/C11H20N2O3/c1-4-11(2,3)12-10(16)13-7-5-6-8(13)9(14)15/h8H,4-7H2,1-3H3,(H,12,16)(H,14,15)/t8-/m0/s1. The van der Waals surface area contributed by atoms with Gasteiger partial charge in [-0.1, -0.05) is 6.92 Å². The monoisotopic (exact) mass is 228 g/mol. The Labute approximate surface area is 95.8 Å². The van der Waals surface area contributed by atoms with Gasteiger partial charge in [-0.25, -0.2) is 9.59 Å². The number of nitrogens with zero attached hydrogens (tertiary/aromatic N) is 1. The Morgan fingerprint density at radius 1 is 1.50 bits per heavy atom.